The molecule has 0 saturated carbocycles. The van der Waals surface area contributed by atoms with Gasteiger partial charge < -0.3 is 10.2 Å². The number of carboxylic acid groups (broad SMARTS) is 2. The maximum absolute atomic E-state index is 11.7. The van der Waals surface area contributed by atoms with E-state index in [0.717, 1.165) is 11.1 Å². The molecule has 0 fully saturated rings. The fourth-order valence-corrected chi connectivity index (χ4v) is 2.74. The number of carbonyl (C=O) groups is 2. The van der Waals surface area contributed by atoms with Crippen molar-refractivity contribution < 1.29 is 19.8 Å². The van der Waals surface area contributed by atoms with Crippen molar-refractivity contribution in [1.82, 2.24) is 0 Å². The molecule has 4 nitrogen and oxygen atoms in total. The van der Waals surface area contributed by atoms with Crippen LogP contribution in [-0.2, 0) is 12.8 Å². The highest BCUT2D eigenvalue weighted by Gasteiger charge is 2.23. The highest BCUT2D eigenvalue weighted by molar-refractivity contribution is 6.03. The lowest BCUT2D eigenvalue weighted by molar-refractivity contribution is 0.0650. The third-order valence-corrected chi connectivity index (χ3v) is 3.70. The average Bonchev–Trinajstić information content (AvgIpc) is 2.48. The van der Waals surface area contributed by atoms with E-state index in [1.807, 2.05) is 44.2 Å². The predicted molar refractivity (Wildman–Crippen MR) is 88.2 cm³/mol. The van der Waals surface area contributed by atoms with Crippen molar-refractivity contribution in [3.63, 3.8) is 0 Å². The van der Waals surface area contributed by atoms with Crippen LogP contribution in [0.4, 0.5) is 0 Å². The minimum Gasteiger partial charge on any atom is -0.478 e. The van der Waals surface area contributed by atoms with Crippen LogP contribution in [0.25, 0.3) is 0 Å². The van der Waals surface area contributed by atoms with Crippen LogP contribution in [0.15, 0.2) is 42.5 Å². The third-order valence-electron chi connectivity index (χ3n) is 3.70. The van der Waals surface area contributed by atoms with E-state index >= 15 is 0 Å². The molecule has 2 aromatic carbocycles. The van der Waals surface area contributed by atoms with Crippen molar-refractivity contribution in [2.75, 3.05) is 0 Å². The Bertz CT molecular complexity index is 718. The monoisotopic (exact) mass is 312 g/mol. The van der Waals surface area contributed by atoms with E-state index in [1.165, 1.54) is 6.07 Å². The van der Waals surface area contributed by atoms with Gasteiger partial charge in [0.05, 0.1) is 11.1 Å². The van der Waals surface area contributed by atoms with Crippen molar-refractivity contribution >= 4 is 11.9 Å². The molecular weight excluding hydrogens is 292 g/mol. The zero-order chi connectivity index (χ0) is 17.0. The molecule has 0 spiro atoms. The Morgan fingerprint density at radius 1 is 0.957 bits per heavy atom. The van der Waals surface area contributed by atoms with Gasteiger partial charge in [0.1, 0.15) is 0 Å². The van der Waals surface area contributed by atoms with E-state index in [9.17, 15) is 19.8 Å². The van der Waals surface area contributed by atoms with Crippen LogP contribution in [0.5, 0.6) is 0 Å². The van der Waals surface area contributed by atoms with Gasteiger partial charge in [0.25, 0.3) is 0 Å². The number of hydrogen-bond donors (Lipinski definition) is 2. The van der Waals surface area contributed by atoms with Gasteiger partial charge in [-0.25, -0.2) is 9.59 Å². The first-order valence-electron chi connectivity index (χ1n) is 7.55. The van der Waals surface area contributed by atoms with E-state index in [-0.39, 0.29) is 17.0 Å². The summed E-state index contributed by atoms with van der Waals surface area (Å²) < 4.78 is 0. The molecule has 0 atom stereocenters. The van der Waals surface area contributed by atoms with Crippen molar-refractivity contribution in [2.24, 2.45) is 5.92 Å². The van der Waals surface area contributed by atoms with Crippen LogP contribution in [0.1, 0.15) is 51.3 Å². The van der Waals surface area contributed by atoms with E-state index in [2.05, 4.69) is 0 Å². The molecule has 2 rings (SSSR count). The quantitative estimate of drug-likeness (QED) is 0.849. The van der Waals surface area contributed by atoms with Gasteiger partial charge in [-0.05, 0) is 41.5 Å². The van der Waals surface area contributed by atoms with Crippen molar-refractivity contribution in [3.8, 4) is 0 Å². The minimum atomic E-state index is -1.21. The fraction of sp³-hybridized carbons (Fsp3) is 0.263. The molecule has 0 bridgehead atoms. The second-order valence-electron chi connectivity index (χ2n) is 6.00. The largest absolute Gasteiger partial charge is 0.478 e. The molecule has 2 N–H and O–H groups in total. The zero-order valence-electron chi connectivity index (χ0n) is 13.2. The lowest BCUT2D eigenvalue weighted by Gasteiger charge is -2.17. The molecule has 120 valence electrons. The summed E-state index contributed by atoms with van der Waals surface area (Å²) in [4.78, 5) is 23.0. The predicted octanol–water partition coefficient (Wildman–Crippen LogP) is 3.87. The van der Waals surface area contributed by atoms with Gasteiger partial charge in [-0.2, -0.15) is 0 Å². The topological polar surface area (TPSA) is 74.6 Å². The maximum Gasteiger partial charge on any atom is 0.336 e. The number of rotatable bonds is 6. The van der Waals surface area contributed by atoms with E-state index in [1.54, 1.807) is 6.07 Å². The lowest BCUT2D eigenvalue weighted by Crippen LogP contribution is -2.15. The molecular formula is C19H20O4. The Kier molecular flexibility index (Phi) is 5.16. The van der Waals surface area contributed by atoms with Crippen LogP contribution < -0.4 is 0 Å². The Hall–Kier alpha value is -2.62. The molecule has 0 unspecified atom stereocenters. The van der Waals surface area contributed by atoms with E-state index in [4.69, 9.17) is 0 Å². The molecule has 4 heteroatoms. The Labute approximate surface area is 135 Å². The lowest BCUT2D eigenvalue weighted by atomic mass is 9.87. The molecule has 0 aliphatic carbocycles. The van der Waals surface area contributed by atoms with Gasteiger partial charge >= 0.3 is 11.9 Å². The van der Waals surface area contributed by atoms with Gasteiger partial charge in [0.15, 0.2) is 0 Å². The minimum absolute atomic E-state index is 0.0837. The van der Waals surface area contributed by atoms with E-state index in [0.29, 0.717) is 18.4 Å². The highest BCUT2D eigenvalue weighted by atomic mass is 16.4. The summed E-state index contributed by atoms with van der Waals surface area (Å²) in [6.45, 7) is 3.98. The number of benzene rings is 2. The van der Waals surface area contributed by atoms with Crippen LogP contribution in [0.3, 0.4) is 0 Å². The fourth-order valence-electron chi connectivity index (χ4n) is 2.74. The SMILES string of the molecule is CC(C)Cc1c(Cc2ccccc2)ccc(C(=O)O)c1C(=O)O. The molecule has 0 aliphatic heterocycles. The maximum atomic E-state index is 11.7. The van der Waals surface area contributed by atoms with Crippen LogP contribution in [-0.4, -0.2) is 22.2 Å². The first-order chi connectivity index (χ1) is 10.9. The van der Waals surface area contributed by atoms with Gasteiger partial charge in [-0.15, -0.1) is 0 Å². The Balaban J connectivity index is 2.59. The molecule has 2 aromatic rings. The summed E-state index contributed by atoms with van der Waals surface area (Å²) >= 11 is 0. The number of carboxylic acids is 2. The van der Waals surface area contributed by atoms with Crippen molar-refractivity contribution in [2.45, 2.75) is 26.7 Å². The molecule has 0 heterocycles. The summed E-state index contributed by atoms with van der Waals surface area (Å²) in [6, 6.07) is 12.9. The highest BCUT2D eigenvalue weighted by Crippen LogP contribution is 2.25. The van der Waals surface area contributed by atoms with Gasteiger partial charge in [-0.3, -0.25) is 0 Å². The number of aromatic carboxylic acids is 2. The third kappa shape index (κ3) is 3.97. The van der Waals surface area contributed by atoms with Crippen LogP contribution in [0, 0.1) is 5.92 Å². The first kappa shape index (κ1) is 16.7. The van der Waals surface area contributed by atoms with Gasteiger partial charge in [0.2, 0.25) is 0 Å². The summed E-state index contributed by atoms with van der Waals surface area (Å²) in [5.74, 6) is -2.17. The molecule has 0 aliphatic rings. The summed E-state index contributed by atoms with van der Waals surface area (Å²) in [6.07, 6.45) is 1.12. The Morgan fingerprint density at radius 3 is 2.13 bits per heavy atom. The molecule has 0 amide bonds. The zero-order valence-corrected chi connectivity index (χ0v) is 13.2. The summed E-state index contributed by atoms with van der Waals surface area (Å²) in [7, 11) is 0. The van der Waals surface area contributed by atoms with E-state index < -0.39 is 11.9 Å². The van der Waals surface area contributed by atoms with Crippen molar-refractivity contribution in [1.29, 1.82) is 0 Å². The second kappa shape index (κ2) is 7.09. The van der Waals surface area contributed by atoms with Gasteiger partial charge in [-0.1, -0.05) is 50.2 Å². The standard InChI is InChI=1S/C19H20O4/c1-12(2)10-16-14(11-13-6-4-3-5-7-13)8-9-15(18(20)21)17(16)19(22)23/h3-9,12H,10-11H2,1-2H3,(H,20,21)(H,22,23). The summed E-state index contributed by atoms with van der Waals surface area (Å²) in [5.41, 5.74) is 2.32. The normalized spacial score (nSPS) is 10.7. The molecule has 0 aromatic heterocycles. The average molecular weight is 312 g/mol. The molecule has 0 saturated heterocycles. The summed E-state index contributed by atoms with van der Waals surface area (Å²) in [5, 5.41) is 18.8. The molecule has 23 heavy (non-hydrogen) atoms. The smallest absolute Gasteiger partial charge is 0.336 e. The first-order valence-corrected chi connectivity index (χ1v) is 7.55. The van der Waals surface area contributed by atoms with Crippen molar-refractivity contribution in [3.05, 3.63) is 70.3 Å². The van der Waals surface area contributed by atoms with Crippen LogP contribution >= 0.6 is 0 Å². The number of hydrogen-bond acceptors (Lipinski definition) is 2. The van der Waals surface area contributed by atoms with Gasteiger partial charge in [0, 0.05) is 0 Å². The second-order valence-corrected chi connectivity index (χ2v) is 6.00. The molecule has 0 radical (unpaired) electrons. The van der Waals surface area contributed by atoms with Crippen LogP contribution in [0.2, 0.25) is 0 Å². The Morgan fingerprint density at radius 2 is 1.61 bits per heavy atom.